The average molecular weight is 330 g/mol. The number of hydrogen-bond acceptors (Lipinski definition) is 3. The van der Waals surface area contributed by atoms with Crippen molar-refractivity contribution in [1.82, 2.24) is 0 Å². The molecule has 124 valence electrons. The lowest BCUT2D eigenvalue weighted by Crippen LogP contribution is -2.12. The van der Waals surface area contributed by atoms with Crippen molar-refractivity contribution in [1.29, 1.82) is 0 Å². The molecule has 3 heteroatoms. The molecule has 3 rings (SSSR count). The fourth-order valence-corrected chi connectivity index (χ4v) is 2.85. The van der Waals surface area contributed by atoms with Gasteiger partial charge in [-0.2, -0.15) is 0 Å². The molecule has 0 atom stereocenters. The standard InChI is InChI=1S/C22H18O3/c1-25-22(24)21-18(15-20(23)17-11-6-3-7-12-17)13-8-14-19(21)16-9-4-2-5-10-16/h2-14H,15H2,1H3. The highest BCUT2D eigenvalue weighted by Crippen LogP contribution is 2.28. The maximum atomic E-state index is 12.6. The van der Waals surface area contributed by atoms with Gasteiger partial charge in [0, 0.05) is 12.0 Å². The van der Waals surface area contributed by atoms with Gasteiger partial charge < -0.3 is 4.74 Å². The van der Waals surface area contributed by atoms with Gasteiger partial charge in [0.25, 0.3) is 0 Å². The highest BCUT2D eigenvalue weighted by Gasteiger charge is 2.20. The van der Waals surface area contributed by atoms with Crippen LogP contribution >= 0.6 is 0 Å². The third-order valence-corrected chi connectivity index (χ3v) is 4.07. The number of methoxy groups -OCH3 is 1. The monoisotopic (exact) mass is 330 g/mol. The molecule has 3 nitrogen and oxygen atoms in total. The molecule has 0 fully saturated rings. The van der Waals surface area contributed by atoms with Crippen LogP contribution in [0.5, 0.6) is 0 Å². The van der Waals surface area contributed by atoms with Gasteiger partial charge in [0.15, 0.2) is 5.78 Å². The molecule has 0 heterocycles. The van der Waals surface area contributed by atoms with E-state index >= 15 is 0 Å². The van der Waals surface area contributed by atoms with Gasteiger partial charge in [0.05, 0.1) is 12.7 Å². The maximum absolute atomic E-state index is 12.6. The summed E-state index contributed by atoms with van der Waals surface area (Å²) in [5, 5.41) is 0. The smallest absolute Gasteiger partial charge is 0.338 e. The summed E-state index contributed by atoms with van der Waals surface area (Å²) in [6, 6.07) is 24.2. The molecule has 0 N–H and O–H groups in total. The molecule has 0 spiro atoms. The average Bonchev–Trinajstić information content (AvgIpc) is 2.68. The van der Waals surface area contributed by atoms with Crippen LogP contribution in [0.2, 0.25) is 0 Å². The van der Waals surface area contributed by atoms with E-state index in [9.17, 15) is 9.59 Å². The van der Waals surface area contributed by atoms with Crippen LogP contribution in [0.15, 0.2) is 78.9 Å². The van der Waals surface area contributed by atoms with Crippen molar-refractivity contribution in [2.45, 2.75) is 6.42 Å². The Morgan fingerprint density at radius 3 is 2.08 bits per heavy atom. The van der Waals surface area contributed by atoms with Crippen molar-refractivity contribution in [3.8, 4) is 11.1 Å². The van der Waals surface area contributed by atoms with Crippen LogP contribution in [0.25, 0.3) is 11.1 Å². The molecule has 0 bridgehead atoms. The first-order valence-corrected chi connectivity index (χ1v) is 8.04. The van der Waals surface area contributed by atoms with E-state index in [1.165, 1.54) is 7.11 Å². The van der Waals surface area contributed by atoms with Crippen LogP contribution in [-0.4, -0.2) is 18.9 Å². The topological polar surface area (TPSA) is 43.4 Å². The SMILES string of the molecule is COC(=O)c1c(CC(=O)c2ccccc2)cccc1-c1ccccc1. The van der Waals surface area contributed by atoms with E-state index in [-0.39, 0.29) is 12.2 Å². The number of ketones is 1. The van der Waals surface area contributed by atoms with Gasteiger partial charge in [0.2, 0.25) is 0 Å². The Bertz CT molecular complexity index is 884. The predicted octanol–water partition coefficient (Wildman–Crippen LogP) is 4.57. The Morgan fingerprint density at radius 2 is 1.44 bits per heavy atom. The van der Waals surface area contributed by atoms with Crippen molar-refractivity contribution in [2.75, 3.05) is 7.11 Å². The highest BCUT2D eigenvalue weighted by atomic mass is 16.5. The van der Waals surface area contributed by atoms with E-state index in [4.69, 9.17) is 4.74 Å². The quantitative estimate of drug-likeness (QED) is 0.508. The van der Waals surface area contributed by atoms with Crippen molar-refractivity contribution >= 4 is 11.8 Å². The van der Waals surface area contributed by atoms with Gasteiger partial charge in [-0.3, -0.25) is 4.79 Å². The van der Waals surface area contributed by atoms with Crippen molar-refractivity contribution in [3.63, 3.8) is 0 Å². The Kier molecular flexibility index (Phi) is 5.05. The van der Waals surface area contributed by atoms with E-state index in [1.807, 2.05) is 60.7 Å². The molecule has 0 aromatic heterocycles. The first-order valence-electron chi connectivity index (χ1n) is 8.04. The fourth-order valence-electron chi connectivity index (χ4n) is 2.85. The number of hydrogen-bond donors (Lipinski definition) is 0. The molecule has 0 saturated heterocycles. The maximum Gasteiger partial charge on any atom is 0.338 e. The number of carbonyl (C=O) groups excluding carboxylic acids is 2. The molecule has 0 radical (unpaired) electrons. The summed E-state index contributed by atoms with van der Waals surface area (Å²) in [5.41, 5.74) is 3.42. The Morgan fingerprint density at radius 1 is 0.800 bits per heavy atom. The van der Waals surface area contributed by atoms with Crippen LogP contribution in [-0.2, 0) is 11.2 Å². The summed E-state index contributed by atoms with van der Waals surface area (Å²) in [7, 11) is 1.35. The summed E-state index contributed by atoms with van der Waals surface area (Å²) in [4.78, 5) is 25.0. The van der Waals surface area contributed by atoms with E-state index in [0.717, 1.165) is 11.1 Å². The summed E-state index contributed by atoms with van der Waals surface area (Å²) >= 11 is 0. The number of ether oxygens (including phenoxy) is 1. The second-order valence-electron chi connectivity index (χ2n) is 5.66. The van der Waals surface area contributed by atoms with Crippen LogP contribution in [0.1, 0.15) is 26.3 Å². The third kappa shape index (κ3) is 3.66. The summed E-state index contributed by atoms with van der Waals surface area (Å²) in [6.45, 7) is 0. The zero-order valence-electron chi connectivity index (χ0n) is 13.9. The number of Topliss-reactive ketones (excluding diaryl/α,β-unsaturated/α-hetero) is 1. The Labute approximate surface area is 146 Å². The summed E-state index contributed by atoms with van der Waals surface area (Å²) in [6.07, 6.45) is 0.148. The second kappa shape index (κ2) is 7.58. The lowest BCUT2D eigenvalue weighted by Gasteiger charge is -2.13. The number of rotatable bonds is 5. The highest BCUT2D eigenvalue weighted by molar-refractivity contribution is 6.03. The molecule has 0 aliphatic rings. The number of carbonyl (C=O) groups is 2. The first-order chi connectivity index (χ1) is 12.2. The normalized spacial score (nSPS) is 10.3. The minimum atomic E-state index is -0.435. The predicted molar refractivity (Wildman–Crippen MR) is 97.7 cm³/mol. The zero-order chi connectivity index (χ0) is 17.6. The van der Waals surface area contributed by atoms with E-state index in [0.29, 0.717) is 16.7 Å². The van der Waals surface area contributed by atoms with Gasteiger partial charge in [-0.25, -0.2) is 4.79 Å². The summed E-state index contributed by atoms with van der Waals surface area (Å²) < 4.78 is 4.98. The minimum Gasteiger partial charge on any atom is -0.465 e. The number of benzene rings is 3. The van der Waals surface area contributed by atoms with Crippen molar-refractivity contribution in [2.24, 2.45) is 0 Å². The van der Waals surface area contributed by atoms with Crippen LogP contribution in [0, 0.1) is 0 Å². The van der Waals surface area contributed by atoms with Crippen molar-refractivity contribution < 1.29 is 14.3 Å². The van der Waals surface area contributed by atoms with E-state index in [1.54, 1.807) is 18.2 Å². The minimum absolute atomic E-state index is 0.0315. The molecule has 0 saturated carbocycles. The molecular formula is C22H18O3. The molecule has 3 aromatic rings. The molecular weight excluding hydrogens is 312 g/mol. The Balaban J connectivity index is 2.05. The van der Waals surface area contributed by atoms with Gasteiger partial charge in [-0.05, 0) is 16.7 Å². The van der Waals surface area contributed by atoms with E-state index < -0.39 is 5.97 Å². The first kappa shape index (κ1) is 16.7. The van der Waals surface area contributed by atoms with Crippen LogP contribution < -0.4 is 0 Å². The molecule has 0 amide bonds. The molecule has 0 aliphatic carbocycles. The van der Waals surface area contributed by atoms with Crippen LogP contribution in [0.3, 0.4) is 0 Å². The lowest BCUT2D eigenvalue weighted by atomic mass is 9.92. The molecule has 0 aliphatic heterocycles. The Hall–Kier alpha value is -3.20. The van der Waals surface area contributed by atoms with Gasteiger partial charge in [-0.1, -0.05) is 78.9 Å². The van der Waals surface area contributed by atoms with Gasteiger partial charge in [-0.15, -0.1) is 0 Å². The van der Waals surface area contributed by atoms with E-state index in [2.05, 4.69) is 0 Å². The van der Waals surface area contributed by atoms with Crippen LogP contribution in [0.4, 0.5) is 0 Å². The molecule has 25 heavy (non-hydrogen) atoms. The molecule has 0 unspecified atom stereocenters. The zero-order valence-corrected chi connectivity index (χ0v) is 13.9. The number of esters is 1. The lowest BCUT2D eigenvalue weighted by molar-refractivity contribution is 0.0600. The third-order valence-electron chi connectivity index (χ3n) is 4.07. The van der Waals surface area contributed by atoms with Gasteiger partial charge in [0.1, 0.15) is 0 Å². The second-order valence-corrected chi connectivity index (χ2v) is 5.66. The van der Waals surface area contributed by atoms with Crippen molar-refractivity contribution in [3.05, 3.63) is 95.6 Å². The molecule has 3 aromatic carbocycles. The fraction of sp³-hybridized carbons (Fsp3) is 0.0909. The largest absolute Gasteiger partial charge is 0.465 e. The summed E-state index contributed by atoms with van der Waals surface area (Å²) in [5.74, 6) is -0.466. The van der Waals surface area contributed by atoms with Gasteiger partial charge >= 0.3 is 5.97 Å².